The van der Waals surface area contributed by atoms with E-state index in [2.05, 4.69) is 15.5 Å². The fourth-order valence-corrected chi connectivity index (χ4v) is 2.74. The second-order valence-electron chi connectivity index (χ2n) is 5.36. The van der Waals surface area contributed by atoms with Gasteiger partial charge in [0.2, 0.25) is 5.91 Å². The van der Waals surface area contributed by atoms with Gasteiger partial charge in [0.15, 0.2) is 0 Å². The van der Waals surface area contributed by atoms with E-state index in [1.807, 2.05) is 6.07 Å². The number of hydrogen-bond acceptors (Lipinski definition) is 3. The van der Waals surface area contributed by atoms with Gasteiger partial charge >= 0.3 is 0 Å². The Hall–Kier alpha value is -2.21. The minimum atomic E-state index is -0.322. The lowest BCUT2D eigenvalue weighted by molar-refractivity contribution is -0.135. The van der Waals surface area contributed by atoms with Crippen LogP contribution in [0.3, 0.4) is 0 Å². The Balaban J connectivity index is 1.66. The number of hydrogen-bond donors (Lipinski definition) is 2. The van der Waals surface area contributed by atoms with E-state index in [-0.39, 0.29) is 30.3 Å². The molecule has 2 N–H and O–H groups in total. The molecule has 6 heteroatoms. The summed E-state index contributed by atoms with van der Waals surface area (Å²) < 4.78 is 19.3. The molecule has 3 rings (SSSR count). The molecule has 0 unspecified atom stereocenters. The van der Waals surface area contributed by atoms with Crippen molar-refractivity contribution in [3.05, 3.63) is 53.6 Å². The molecule has 0 radical (unpaired) electrons. The zero-order valence-electron chi connectivity index (χ0n) is 12.1. The average Bonchev–Trinajstić information content (AvgIpc) is 3.08. The van der Waals surface area contributed by atoms with Gasteiger partial charge in [0.1, 0.15) is 11.9 Å². The molecule has 0 bridgehead atoms. The molecule has 1 aromatic heterocycles. The minimum Gasteiger partial charge on any atom is -0.371 e. The molecule has 0 spiro atoms. The molecule has 1 saturated heterocycles. The van der Waals surface area contributed by atoms with Crippen LogP contribution in [0, 0.1) is 11.7 Å². The summed E-state index contributed by atoms with van der Waals surface area (Å²) in [6.45, 7) is 0.804. The summed E-state index contributed by atoms with van der Waals surface area (Å²) >= 11 is 0. The number of nitrogens with zero attached hydrogens (tertiary/aromatic N) is 1. The number of H-pyrrole nitrogens is 1. The third-order valence-electron chi connectivity index (χ3n) is 3.90. The highest BCUT2D eigenvalue weighted by Gasteiger charge is 2.33. The highest BCUT2D eigenvalue weighted by atomic mass is 19.1. The Morgan fingerprint density at radius 2 is 2.27 bits per heavy atom. The first-order chi connectivity index (χ1) is 10.8. The van der Waals surface area contributed by atoms with E-state index in [4.69, 9.17) is 4.74 Å². The van der Waals surface area contributed by atoms with Gasteiger partial charge in [-0.1, -0.05) is 18.2 Å². The zero-order chi connectivity index (χ0) is 15.4. The molecule has 22 heavy (non-hydrogen) atoms. The number of carbonyl (C=O) groups excluding carboxylic acids is 1. The standard InChI is InChI=1S/C16H18FN3O2/c17-13-6-2-1-4-11(13)10-18-16(21)12-5-3-9-22-15(12)14-7-8-19-20-14/h1-2,4,6-8,12,15H,3,5,9-10H2,(H,18,21)(H,19,20)/t12-,15-/m1/s1. The lowest BCUT2D eigenvalue weighted by atomic mass is 9.91. The van der Waals surface area contributed by atoms with Crippen LogP contribution in [0.1, 0.15) is 30.2 Å². The van der Waals surface area contributed by atoms with E-state index in [1.165, 1.54) is 6.07 Å². The molecule has 0 aliphatic carbocycles. The van der Waals surface area contributed by atoms with Crippen LogP contribution in [0.15, 0.2) is 36.5 Å². The van der Waals surface area contributed by atoms with E-state index in [1.54, 1.807) is 24.4 Å². The van der Waals surface area contributed by atoms with Crippen molar-refractivity contribution in [1.82, 2.24) is 15.5 Å². The Morgan fingerprint density at radius 1 is 1.41 bits per heavy atom. The van der Waals surface area contributed by atoms with Crippen LogP contribution in [0.5, 0.6) is 0 Å². The van der Waals surface area contributed by atoms with Gasteiger partial charge in [-0.15, -0.1) is 0 Å². The van der Waals surface area contributed by atoms with Crippen molar-refractivity contribution in [1.29, 1.82) is 0 Å². The molecule has 1 fully saturated rings. The van der Waals surface area contributed by atoms with Crippen LogP contribution in [0.2, 0.25) is 0 Å². The van der Waals surface area contributed by atoms with Crippen molar-refractivity contribution in [2.75, 3.05) is 6.61 Å². The predicted molar refractivity (Wildman–Crippen MR) is 78.3 cm³/mol. The fourth-order valence-electron chi connectivity index (χ4n) is 2.74. The Bertz CT molecular complexity index is 630. The molecule has 1 aliphatic heterocycles. The van der Waals surface area contributed by atoms with Crippen molar-refractivity contribution in [3.8, 4) is 0 Å². The molecule has 2 heterocycles. The van der Waals surface area contributed by atoms with Crippen LogP contribution in [0.25, 0.3) is 0 Å². The smallest absolute Gasteiger partial charge is 0.226 e. The van der Waals surface area contributed by atoms with Gasteiger partial charge in [-0.3, -0.25) is 9.89 Å². The molecule has 1 aromatic carbocycles. The monoisotopic (exact) mass is 303 g/mol. The first-order valence-corrected chi connectivity index (χ1v) is 7.37. The van der Waals surface area contributed by atoms with E-state index in [0.717, 1.165) is 18.5 Å². The van der Waals surface area contributed by atoms with Crippen LogP contribution < -0.4 is 5.32 Å². The normalized spacial score (nSPS) is 21.5. The Kier molecular flexibility index (Phi) is 4.48. The van der Waals surface area contributed by atoms with Gasteiger partial charge in [0.05, 0.1) is 11.6 Å². The number of aromatic amines is 1. The highest BCUT2D eigenvalue weighted by molar-refractivity contribution is 5.79. The van der Waals surface area contributed by atoms with Gasteiger partial charge in [-0.05, 0) is 25.0 Å². The molecular weight excluding hydrogens is 285 g/mol. The first-order valence-electron chi connectivity index (χ1n) is 7.37. The number of rotatable bonds is 4. The SMILES string of the molecule is O=C(NCc1ccccc1F)[C@@H]1CCCO[C@H]1c1ccn[nH]1. The molecule has 1 amide bonds. The Labute approximate surface area is 127 Å². The third-order valence-corrected chi connectivity index (χ3v) is 3.90. The molecule has 2 aromatic rings. The minimum absolute atomic E-state index is 0.123. The van der Waals surface area contributed by atoms with Gasteiger partial charge in [0.25, 0.3) is 0 Å². The topological polar surface area (TPSA) is 67.0 Å². The fraction of sp³-hybridized carbons (Fsp3) is 0.375. The van der Waals surface area contributed by atoms with Gasteiger partial charge in [0, 0.05) is 24.9 Å². The van der Waals surface area contributed by atoms with E-state index in [9.17, 15) is 9.18 Å². The number of benzene rings is 1. The lowest BCUT2D eigenvalue weighted by Crippen LogP contribution is -2.37. The quantitative estimate of drug-likeness (QED) is 0.911. The maximum Gasteiger partial charge on any atom is 0.226 e. The van der Waals surface area contributed by atoms with Crippen molar-refractivity contribution in [2.45, 2.75) is 25.5 Å². The third kappa shape index (κ3) is 3.17. The number of aromatic nitrogens is 2. The second-order valence-corrected chi connectivity index (χ2v) is 5.36. The van der Waals surface area contributed by atoms with Crippen LogP contribution in [-0.2, 0) is 16.1 Å². The summed E-state index contributed by atoms with van der Waals surface area (Å²) in [6, 6.07) is 8.25. The van der Waals surface area contributed by atoms with Crippen molar-refractivity contribution in [2.24, 2.45) is 5.92 Å². The van der Waals surface area contributed by atoms with Crippen molar-refractivity contribution in [3.63, 3.8) is 0 Å². The maximum absolute atomic E-state index is 13.6. The number of amides is 1. The molecule has 116 valence electrons. The largest absolute Gasteiger partial charge is 0.371 e. The summed E-state index contributed by atoms with van der Waals surface area (Å²) in [5, 5.41) is 9.58. The molecular formula is C16H18FN3O2. The van der Waals surface area contributed by atoms with E-state index < -0.39 is 0 Å². The number of ether oxygens (including phenoxy) is 1. The number of carbonyl (C=O) groups is 1. The van der Waals surface area contributed by atoms with E-state index >= 15 is 0 Å². The first kappa shape index (κ1) is 14.7. The van der Waals surface area contributed by atoms with Crippen molar-refractivity contribution >= 4 is 5.91 Å². The molecule has 1 aliphatic rings. The van der Waals surface area contributed by atoms with Crippen LogP contribution in [0.4, 0.5) is 4.39 Å². The summed E-state index contributed by atoms with van der Waals surface area (Å²) in [6.07, 6.45) is 2.90. The highest BCUT2D eigenvalue weighted by Crippen LogP contribution is 2.32. The summed E-state index contributed by atoms with van der Waals surface area (Å²) in [4.78, 5) is 12.4. The van der Waals surface area contributed by atoms with Gasteiger partial charge < -0.3 is 10.1 Å². The van der Waals surface area contributed by atoms with Gasteiger partial charge in [-0.2, -0.15) is 5.10 Å². The molecule has 2 atom stereocenters. The number of nitrogens with one attached hydrogen (secondary N) is 2. The van der Waals surface area contributed by atoms with Gasteiger partial charge in [-0.25, -0.2) is 4.39 Å². The average molecular weight is 303 g/mol. The number of halogens is 1. The molecule has 5 nitrogen and oxygen atoms in total. The van der Waals surface area contributed by atoms with E-state index in [0.29, 0.717) is 12.2 Å². The Morgan fingerprint density at radius 3 is 3.05 bits per heavy atom. The maximum atomic E-state index is 13.6. The summed E-state index contributed by atoms with van der Waals surface area (Å²) in [5.74, 6) is -0.726. The zero-order valence-corrected chi connectivity index (χ0v) is 12.1. The summed E-state index contributed by atoms with van der Waals surface area (Å²) in [5.41, 5.74) is 1.27. The van der Waals surface area contributed by atoms with Crippen molar-refractivity contribution < 1.29 is 13.9 Å². The summed E-state index contributed by atoms with van der Waals surface area (Å²) in [7, 11) is 0. The molecule has 0 saturated carbocycles. The predicted octanol–water partition coefficient (Wildman–Crippen LogP) is 2.33. The van der Waals surface area contributed by atoms with Crippen LogP contribution >= 0.6 is 0 Å². The van der Waals surface area contributed by atoms with Crippen LogP contribution in [-0.4, -0.2) is 22.7 Å². The second kappa shape index (κ2) is 6.70. The lowest BCUT2D eigenvalue weighted by Gasteiger charge is -2.30.